The molecule has 2 aliphatic carbocycles. The summed E-state index contributed by atoms with van der Waals surface area (Å²) in [4.78, 5) is 26.5. The van der Waals surface area contributed by atoms with Crippen LogP contribution in [0.15, 0.2) is 5.16 Å². The Kier molecular flexibility index (Phi) is 2.76. The highest BCUT2D eigenvalue weighted by Gasteiger charge is 2.62. The Hall–Kier alpha value is -1.66. The van der Waals surface area contributed by atoms with Gasteiger partial charge in [-0.2, -0.15) is 0 Å². The summed E-state index contributed by atoms with van der Waals surface area (Å²) < 4.78 is 0. The quantitative estimate of drug-likeness (QED) is 0.446. The first-order chi connectivity index (χ1) is 8.00. The van der Waals surface area contributed by atoms with E-state index in [4.69, 9.17) is 0 Å². The molecule has 94 valence electrons. The molecule has 17 heavy (non-hydrogen) atoms. The van der Waals surface area contributed by atoms with Crippen molar-refractivity contribution in [3.63, 3.8) is 0 Å². The van der Waals surface area contributed by atoms with Gasteiger partial charge >= 0.3 is 6.09 Å². The maximum absolute atomic E-state index is 11.2. The third-order valence-electron chi connectivity index (χ3n) is 3.94. The monoisotopic (exact) mass is 241 g/mol. The fraction of sp³-hybridized carbons (Fsp3) is 0.800. The van der Waals surface area contributed by atoms with E-state index in [2.05, 4.69) is 15.3 Å². The Bertz CT molecular complexity index is 395. The van der Waals surface area contributed by atoms with Crippen LogP contribution in [0, 0.1) is 22.0 Å². The second kappa shape index (κ2) is 3.97. The van der Waals surface area contributed by atoms with Gasteiger partial charge in [-0.05, 0) is 19.3 Å². The van der Waals surface area contributed by atoms with Crippen molar-refractivity contribution in [2.45, 2.75) is 31.7 Å². The lowest BCUT2D eigenvalue weighted by Crippen LogP contribution is -2.48. The molecular formula is C10H15N3O4. The standard InChI is InChI=1S/C10H15N3O4/c1-10(13(15)16)7-4-3-6(5-7)8(10)12-17-9(14)11-2/h6-7H,3-5H2,1-2H3,(H,11,14)/b12-8+. The van der Waals surface area contributed by atoms with Gasteiger partial charge in [-0.3, -0.25) is 15.0 Å². The molecule has 0 aromatic rings. The molecule has 2 bridgehead atoms. The number of nitrogens with zero attached hydrogens (tertiary/aromatic N) is 2. The number of carbonyl (C=O) groups excluding carboxylic acids is 1. The normalized spacial score (nSPS) is 37.2. The first kappa shape index (κ1) is 11.8. The molecule has 0 heterocycles. The van der Waals surface area contributed by atoms with E-state index in [1.165, 1.54) is 7.05 Å². The number of fused-ring (bicyclic) bond motifs is 2. The van der Waals surface area contributed by atoms with Gasteiger partial charge in [0, 0.05) is 30.7 Å². The van der Waals surface area contributed by atoms with Gasteiger partial charge in [-0.25, -0.2) is 4.79 Å². The third kappa shape index (κ3) is 1.65. The van der Waals surface area contributed by atoms with Crippen LogP contribution < -0.4 is 5.32 Å². The summed E-state index contributed by atoms with van der Waals surface area (Å²) in [6.07, 6.45) is 1.81. The Balaban J connectivity index is 2.25. The second-order valence-corrected chi connectivity index (χ2v) is 4.72. The summed E-state index contributed by atoms with van der Waals surface area (Å²) in [6, 6.07) is 0. The summed E-state index contributed by atoms with van der Waals surface area (Å²) in [7, 11) is 1.41. The predicted octanol–water partition coefficient (Wildman–Crippen LogP) is 1.16. The maximum atomic E-state index is 11.2. The zero-order chi connectivity index (χ0) is 12.6. The van der Waals surface area contributed by atoms with Gasteiger partial charge < -0.3 is 5.32 Å². The van der Waals surface area contributed by atoms with E-state index in [-0.39, 0.29) is 16.8 Å². The van der Waals surface area contributed by atoms with E-state index in [0.29, 0.717) is 5.71 Å². The van der Waals surface area contributed by atoms with Crippen LogP contribution in [0.2, 0.25) is 0 Å². The first-order valence-electron chi connectivity index (χ1n) is 5.61. The Labute approximate surface area is 98.3 Å². The molecule has 7 nitrogen and oxygen atoms in total. The van der Waals surface area contributed by atoms with Gasteiger partial charge in [0.2, 0.25) is 0 Å². The molecule has 3 unspecified atom stereocenters. The zero-order valence-electron chi connectivity index (χ0n) is 9.80. The van der Waals surface area contributed by atoms with Crippen LogP contribution >= 0.6 is 0 Å². The molecule has 0 aliphatic heterocycles. The van der Waals surface area contributed by atoms with Crippen LogP contribution in [0.3, 0.4) is 0 Å². The lowest BCUT2D eigenvalue weighted by Gasteiger charge is -2.25. The average Bonchev–Trinajstić information content (AvgIpc) is 2.86. The van der Waals surface area contributed by atoms with Crippen molar-refractivity contribution in [3.8, 4) is 0 Å². The minimum absolute atomic E-state index is 0.00883. The minimum atomic E-state index is -1.17. The summed E-state index contributed by atoms with van der Waals surface area (Å²) in [6.45, 7) is 1.57. The van der Waals surface area contributed by atoms with Crippen LogP contribution in [-0.4, -0.2) is 29.3 Å². The van der Waals surface area contributed by atoms with Gasteiger partial charge in [-0.15, -0.1) is 0 Å². The lowest BCUT2D eigenvalue weighted by atomic mass is 9.81. The summed E-state index contributed by atoms with van der Waals surface area (Å²) in [5, 5.41) is 17.2. The average molecular weight is 241 g/mol. The van der Waals surface area contributed by atoms with E-state index in [0.717, 1.165) is 19.3 Å². The van der Waals surface area contributed by atoms with Crippen molar-refractivity contribution in [1.29, 1.82) is 0 Å². The van der Waals surface area contributed by atoms with E-state index in [9.17, 15) is 14.9 Å². The minimum Gasteiger partial charge on any atom is -0.323 e. The van der Waals surface area contributed by atoms with Crippen LogP contribution in [-0.2, 0) is 4.84 Å². The molecule has 1 N–H and O–H groups in total. The summed E-state index contributed by atoms with van der Waals surface area (Å²) in [5.74, 6) is 0.0922. The number of hydrogen-bond donors (Lipinski definition) is 1. The molecule has 0 aromatic carbocycles. The van der Waals surface area contributed by atoms with E-state index in [1.807, 2.05) is 0 Å². The lowest BCUT2D eigenvalue weighted by molar-refractivity contribution is -0.551. The number of nitrogens with one attached hydrogen (secondary N) is 1. The number of rotatable bonds is 2. The molecule has 2 saturated carbocycles. The molecule has 0 radical (unpaired) electrons. The van der Waals surface area contributed by atoms with Crippen molar-refractivity contribution < 1.29 is 14.6 Å². The van der Waals surface area contributed by atoms with Crippen molar-refractivity contribution in [2.75, 3.05) is 7.05 Å². The van der Waals surface area contributed by atoms with Gasteiger partial charge in [0.05, 0.1) is 0 Å². The van der Waals surface area contributed by atoms with Gasteiger partial charge in [0.15, 0.2) is 0 Å². The topological polar surface area (TPSA) is 93.8 Å². The largest absolute Gasteiger partial charge is 0.433 e. The SMILES string of the molecule is CNC(=O)O/N=C1\C2CCC(C2)C1(C)[N+](=O)[O-]. The van der Waals surface area contributed by atoms with Gasteiger partial charge in [-0.1, -0.05) is 5.16 Å². The Morgan fingerprint density at radius 3 is 2.94 bits per heavy atom. The van der Waals surface area contributed by atoms with Gasteiger partial charge in [0.1, 0.15) is 5.71 Å². The zero-order valence-corrected chi connectivity index (χ0v) is 9.80. The summed E-state index contributed by atoms with van der Waals surface area (Å²) >= 11 is 0. The molecule has 0 spiro atoms. The van der Waals surface area contributed by atoms with E-state index < -0.39 is 11.6 Å². The maximum Gasteiger partial charge on any atom is 0.433 e. The van der Waals surface area contributed by atoms with Crippen molar-refractivity contribution in [1.82, 2.24) is 5.32 Å². The molecule has 3 atom stereocenters. The molecule has 0 aromatic heterocycles. The van der Waals surface area contributed by atoms with Crippen LogP contribution in [0.5, 0.6) is 0 Å². The molecule has 0 saturated heterocycles. The molecule has 2 fully saturated rings. The molecule has 2 rings (SSSR count). The number of carbonyl (C=O) groups is 1. The highest BCUT2D eigenvalue weighted by atomic mass is 16.7. The number of hydrogen-bond acceptors (Lipinski definition) is 5. The molecule has 7 heteroatoms. The highest BCUT2D eigenvalue weighted by Crippen LogP contribution is 2.50. The van der Waals surface area contributed by atoms with Crippen LogP contribution in [0.25, 0.3) is 0 Å². The third-order valence-corrected chi connectivity index (χ3v) is 3.94. The van der Waals surface area contributed by atoms with Gasteiger partial charge in [0.25, 0.3) is 5.54 Å². The van der Waals surface area contributed by atoms with Crippen LogP contribution in [0.1, 0.15) is 26.2 Å². The Morgan fingerprint density at radius 2 is 2.35 bits per heavy atom. The van der Waals surface area contributed by atoms with Crippen molar-refractivity contribution >= 4 is 11.8 Å². The molecule has 1 amide bonds. The number of amides is 1. The number of oxime groups is 1. The van der Waals surface area contributed by atoms with Crippen molar-refractivity contribution in [3.05, 3.63) is 10.1 Å². The fourth-order valence-electron chi connectivity index (χ4n) is 2.91. The predicted molar refractivity (Wildman–Crippen MR) is 59.2 cm³/mol. The number of nitro groups is 1. The second-order valence-electron chi connectivity index (χ2n) is 4.72. The molecule has 2 aliphatic rings. The summed E-state index contributed by atoms with van der Waals surface area (Å²) in [5.41, 5.74) is -0.765. The fourth-order valence-corrected chi connectivity index (χ4v) is 2.91. The Morgan fingerprint density at radius 1 is 1.65 bits per heavy atom. The smallest absolute Gasteiger partial charge is 0.323 e. The first-order valence-corrected chi connectivity index (χ1v) is 5.61. The molecular weight excluding hydrogens is 226 g/mol. The van der Waals surface area contributed by atoms with E-state index in [1.54, 1.807) is 6.92 Å². The van der Waals surface area contributed by atoms with Crippen molar-refractivity contribution in [2.24, 2.45) is 17.0 Å². The highest BCUT2D eigenvalue weighted by molar-refractivity contribution is 5.97. The van der Waals surface area contributed by atoms with Crippen LogP contribution in [0.4, 0.5) is 4.79 Å². The van der Waals surface area contributed by atoms with E-state index >= 15 is 0 Å².